The van der Waals surface area contributed by atoms with Crippen molar-refractivity contribution in [2.75, 3.05) is 38.6 Å². The Morgan fingerprint density at radius 1 is 1.27 bits per heavy atom. The van der Waals surface area contributed by atoms with Crippen LogP contribution in [0.1, 0.15) is 20.3 Å². The van der Waals surface area contributed by atoms with Crippen molar-refractivity contribution in [1.82, 2.24) is 4.90 Å². The Bertz CT molecular complexity index is 213. The first-order chi connectivity index (χ1) is 7.20. The van der Waals surface area contributed by atoms with Crippen LogP contribution in [0.2, 0.25) is 0 Å². The van der Waals surface area contributed by atoms with Crippen LogP contribution in [0, 0.1) is 0 Å². The highest BCUT2D eigenvalue weighted by molar-refractivity contribution is 8.55. The summed E-state index contributed by atoms with van der Waals surface area (Å²) in [7, 11) is 0. The third-order valence-corrected chi connectivity index (χ3v) is 6.15. The summed E-state index contributed by atoms with van der Waals surface area (Å²) in [6.45, 7) is 5.59. The van der Waals surface area contributed by atoms with Crippen molar-refractivity contribution in [1.29, 1.82) is 0 Å². The molecule has 90 valence electrons. The van der Waals surface area contributed by atoms with E-state index in [1.54, 1.807) is 0 Å². The molecular formula is C9H20NO3PS. The third-order valence-electron chi connectivity index (χ3n) is 2.34. The van der Waals surface area contributed by atoms with Gasteiger partial charge in [-0.2, -0.15) is 0 Å². The Kier molecular flexibility index (Phi) is 6.24. The van der Waals surface area contributed by atoms with E-state index in [4.69, 9.17) is 9.05 Å². The molecule has 1 rings (SSSR count). The van der Waals surface area contributed by atoms with E-state index in [1.807, 2.05) is 0 Å². The minimum Gasteiger partial charge on any atom is -0.303 e. The van der Waals surface area contributed by atoms with Gasteiger partial charge in [0.2, 0.25) is 0 Å². The predicted octanol–water partition coefficient (Wildman–Crippen LogP) is 2.61. The molecule has 1 fully saturated rings. The summed E-state index contributed by atoms with van der Waals surface area (Å²) < 4.78 is 22.3. The smallest absolute Gasteiger partial charge is 0.303 e. The molecule has 0 amide bonds. The van der Waals surface area contributed by atoms with Gasteiger partial charge in [-0.25, -0.2) is 4.57 Å². The van der Waals surface area contributed by atoms with Crippen LogP contribution in [0.25, 0.3) is 0 Å². The Morgan fingerprint density at radius 3 is 2.40 bits per heavy atom. The van der Waals surface area contributed by atoms with E-state index in [0.717, 1.165) is 31.8 Å². The molecule has 0 aromatic heterocycles. The normalized spacial score (nSPS) is 20.7. The minimum absolute atomic E-state index is 0.565. The van der Waals surface area contributed by atoms with Gasteiger partial charge in [-0.05, 0) is 30.9 Å². The van der Waals surface area contributed by atoms with Crippen LogP contribution in [0.4, 0.5) is 0 Å². The summed E-state index contributed by atoms with van der Waals surface area (Å²) in [5.74, 6) is 0.805. The van der Waals surface area contributed by atoms with Crippen LogP contribution < -0.4 is 0 Å². The Balaban J connectivity index is 2.20. The third kappa shape index (κ3) is 4.87. The van der Waals surface area contributed by atoms with Crippen molar-refractivity contribution in [3.8, 4) is 0 Å². The lowest BCUT2D eigenvalue weighted by molar-refractivity contribution is 0.159. The molecule has 1 aliphatic rings. The molecule has 0 unspecified atom stereocenters. The van der Waals surface area contributed by atoms with E-state index in [-0.39, 0.29) is 0 Å². The van der Waals surface area contributed by atoms with Crippen molar-refractivity contribution in [3.63, 3.8) is 0 Å². The molecule has 0 aromatic carbocycles. The standard InChI is InChI=1S/C9H20NO3PS/c1-3-10(4-2)6-9-15-14(11)12-7-5-8-13-14/h3-9H2,1-2H3. The summed E-state index contributed by atoms with van der Waals surface area (Å²) in [6, 6.07) is 0. The molecule has 1 saturated heterocycles. The van der Waals surface area contributed by atoms with Crippen molar-refractivity contribution in [3.05, 3.63) is 0 Å². The van der Waals surface area contributed by atoms with E-state index in [1.165, 1.54) is 11.4 Å². The second-order valence-corrected chi connectivity index (χ2v) is 7.52. The molecule has 0 aromatic rings. The molecule has 0 spiro atoms. The molecule has 4 nitrogen and oxygen atoms in total. The van der Waals surface area contributed by atoms with Gasteiger partial charge in [-0.3, -0.25) is 0 Å². The van der Waals surface area contributed by atoms with Gasteiger partial charge in [0.1, 0.15) is 0 Å². The van der Waals surface area contributed by atoms with E-state index in [9.17, 15) is 4.57 Å². The first kappa shape index (κ1) is 13.5. The lowest BCUT2D eigenvalue weighted by atomic mass is 10.5. The SMILES string of the molecule is CCN(CC)CCSP1(=O)OCCCO1. The Hall–Kier alpha value is 0.460. The predicted molar refractivity (Wildman–Crippen MR) is 64.4 cm³/mol. The van der Waals surface area contributed by atoms with Gasteiger partial charge < -0.3 is 13.9 Å². The zero-order chi connectivity index (χ0) is 11.1. The monoisotopic (exact) mass is 253 g/mol. The average molecular weight is 253 g/mol. The molecule has 0 N–H and O–H groups in total. The van der Waals surface area contributed by atoms with Crippen LogP contribution in [-0.4, -0.2) is 43.5 Å². The van der Waals surface area contributed by atoms with Gasteiger partial charge in [0.15, 0.2) is 0 Å². The largest absolute Gasteiger partial charge is 0.389 e. The van der Waals surface area contributed by atoms with Crippen molar-refractivity contribution in [2.45, 2.75) is 20.3 Å². The van der Waals surface area contributed by atoms with Crippen LogP contribution in [-0.2, 0) is 13.6 Å². The van der Waals surface area contributed by atoms with E-state index >= 15 is 0 Å². The van der Waals surface area contributed by atoms with Gasteiger partial charge in [0.05, 0.1) is 13.2 Å². The number of hydrogen-bond donors (Lipinski definition) is 0. The van der Waals surface area contributed by atoms with Gasteiger partial charge in [0, 0.05) is 12.3 Å². The fourth-order valence-electron chi connectivity index (χ4n) is 1.34. The van der Waals surface area contributed by atoms with E-state index in [2.05, 4.69) is 18.7 Å². The topological polar surface area (TPSA) is 38.8 Å². The number of nitrogens with zero attached hydrogens (tertiary/aromatic N) is 1. The van der Waals surface area contributed by atoms with Crippen LogP contribution in [0.5, 0.6) is 0 Å². The summed E-state index contributed by atoms with van der Waals surface area (Å²) >= 11 is 1.33. The van der Waals surface area contributed by atoms with Crippen LogP contribution >= 0.6 is 18.2 Å². The van der Waals surface area contributed by atoms with Gasteiger partial charge >= 0.3 is 6.80 Å². The van der Waals surface area contributed by atoms with Gasteiger partial charge in [-0.1, -0.05) is 13.8 Å². The number of hydrogen-bond acceptors (Lipinski definition) is 5. The maximum Gasteiger partial charge on any atom is 0.389 e. The molecule has 0 atom stereocenters. The average Bonchev–Trinajstić information content (AvgIpc) is 2.25. The first-order valence-corrected chi connectivity index (χ1v) is 8.59. The molecule has 0 bridgehead atoms. The van der Waals surface area contributed by atoms with Gasteiger partial charge in [-0.15, -0.1) is 0 Å². The van der Waals surface area contributed by atoms with Crippen molar-refractivity contribution >= 4 is 18.2 Å². The molecule has 15 heavy (non-hydrogen) atoms. The highest BCUT2D eigenvalue weighted by atomic mass is 32.7. The highest BCUT2D eigenvalue weighted by Gasteiger charge is 2.28. The van der Waals surface area contributed by atoms with Crippen molar-refractivity contribution in [2.24, 2.45) is 0 Å². The molecule has 0 saturated carbocycles. The van der Waals surface area contributed by atoms with Crippen LogP contribution in [0.3, 0.4) is 0 Å². The minimum atomic E-state index is -2.80. The summed E-state index contributed by atoms with van der Waals surface area (Å²) in [4.78, 5) is 2.29. The molecular weight excluding hydrogens is 233 g/mol. The fraction of sp³-hybridized carbons (Fsp3) is 1.00. The Labute approximate surface area is 96.0 Å². The highest BCUT2D eigenvalue weighted by Crippen LogP contribution is 2.61. The number of rotatable bonds is 6. The zero-order valence-electron chi connectivity index (χ0n) is 9.48. The molecule has 1 aliphatic heterocycles. The lowest BCUT2D eigenvalue weighted by Crippen LogP contribution is -2.25. The van der Waals surface area contributed by atoms with E-state index < -0.39 is 6.80 Å². The maximum atomic E-state index is 11.9. The summed E-state index contributed by atoms with van der Waals surface area (Å²) in [5.41, 5.74) is 0. The van der Waals surface area contributed by atoms with Crippen molar-refractivity contribution < 1.29 is 13.6 Å². The molecule has 6 heteroatoms. The first-order valence-electron chi connectivity index (χ1n) is 5.46. The molecule has 0 radical (unpaired) electrons. The maximum absolute atomic E-state index is 11.9. The van der Waals surface area contributed by atoms with Gasteiger partial charge in [0.25, 0.3) is 0 Å². The second-order valence-electron chi connectivity index (χ2n) is 3.33. The lowest BCUT2D eigenvalue weighted by Gasteiger charge is -2.23. The quantitative estimate of drug-likeness (QED) is 0.680. The molecule has 0 aliphatic carbocycles. The molecule has 1 heterocycles. The fourth-order valence-corrected chi connectivity index (χ4v) is 4.65. The summed E-state index contributed by atoms with van der Waals surface area (Å²) in [5, 5.41) is 0. The summed E-state index contributed by atoms with van der Waals surface area (Å²) in [6.07, 6.45) is 0.848. The Morgan fingerprint density at radius 2 is 1.87 bits per heavy atom. The van der Waals surface area contributed by atoms with Crippen LogP contribution in [0.15, 0.2) is 0 Å². The zero-order valence-corrected chi connectivity index (χ0v) is 11.2. The second kappa shape index (κ2) is 6.92. The van der Waals surface area contributed by atoms with E-state index in [0.29, 0.717) is 13.2 Å².